The molecule has 0 bridgehead atoms. The van der Waals surface area contributed by atoms with E-state index < -0.39 is 0 Å². The average Bonchev–Trinajstić information content (AvgIpc) is 2.48. The first-order valence-corrected chi connectivity index (χ1v) is 7.98. The minimum absolute atomic E-state index is 0.290. The summed E-state index contributed by atoms with van der Waals surface area (Å²) in [5.74, 6) is 0.926. The molecule has 0 saturated carbocycles. The van der Waals surface area contributed by atoms with Gasteiger partial charge in [-0.15, -0.1) is 23.2 Å². The maximum absolute atomic E-state index is 6.27. The van der Waals surface area contributed by atoms with E-state index in [0.29, 0.717) is 11.8 Å². The Bertz CT molecular complexity index is 557. The summed E-state index contributed by atoms with van der Waals surface area (Å²) in [6.45, 7) is 2.07. The summed E-state index contributed by atoms with van der Waals surface area (Å²) >= 11 is 18.8. The molecule has 0 spiro atoms. The standard InChI is InChI=1S/C17H17Cl3/c1-13-6-8-15(9-7-13)17(11-18,12-19)10-14-4-2-3-5-16(14)20/h2-9H,10-12H2,1H3. The van der Waals surface area contributed by atoms with Crippen LogP contribution in [0.5, 0.6) is 0 Å². The first kappa shape index (κ1) is 15.7. The fourth-order valence-corrected chi connectivity index (χ4v) is 3.29. The van der Waals surface area contributed by atoms with E-state index in [1.165, 1.54) is 5.56 Å². The molecule has 0 heterocycles. The van der Waals surface area contributed by atoms with Gasteiger partial charge >= 0.3 is 0 Å². The molecule has 0 radical (unpaired) electrons. The van der Waals surface area contributed by atoms with Crippen LogP contribution in [-0.4, -0.2) is 11.8 Å². The van der Waals surface area contributed by atoms with E-state index in [2.05, 4.69) is 31.2 Å². The number of hydrogen-bond acceptors (Lipinski definition) is 0. The topological polar surface area (TPSA) is 0 Å². The normalized spacial score (nSPS) is 11.6. The predicted molar refractivity (Wildman–Crippen MR) is 89.5 cm³/mol. The van der Waals surface area contributed by atoms with Gasteiger partial charge in [0.1, 0.15) is 0 Å². The minimum Gasteiger partial charge on any atom is -0.126 e. The molecular formula is C17H17Cl3. The van der Waals surface area contributed by atoms with Crippen molar-refractivity contribution in [2.75, 3.05) is 11.8 Å². The molecule has 20 heavy (non-hydrogen) atoms. The van der Waals surface area contributed by atoms with E-state index in [1.54, 1.807) is 0 Å². The molecule has 0 amide bonds. The number of aryl methyl sites for hydroxylation is 1. The lowest BCUT2D eigenvalue weighted by Gasteiger charge is -2.31. The Balaban J connectivity index is 2.39. The third-order valence-electron chi connectivity index (χ3n) is 3.66. The van der Waals surface area contributed by atoms with E-state index in [1.807, 2.05) is 24.3 Å². The smallest absolute Gasteiger partial charge is 0.0438 e. The van der Waals surface area contributed by atoms with Gasteiger partial charge in [0.25, 0.3) is 0 Å². The predicted octanol–water partition coefficient (Wildman–Crippen LogP) is 5.61. The largest absolute Gasteiger partial charge is 0.126 e. The van der Waals surface area contributed by atoms with Crippen LogP contribution in [0.3, 0.4) is 0 Å². The summed E-state index contributed by atoms with van der Waals surface area (Å²) in [4.78, 5) is 0. The van der Waals surface area contributed by atoms with Gasteiger partial charge in [0.2, 0.25) is 0 Å². The number of benzene rings is 2. The number of alkyl halides is 2. The van der Waals surface area contributed by atoms with Crippen LogP contribution in [0.1, 0.15) is 16.7 Å². The number of halogens is 3. The Kier molecular flexibility index (Phi) is 5.37. The van der Waals surface area contributed by atoms with Gasteiger partial charge in [-0.1, -0.05) is 59.6 Å². The maximum atomic E-state index is 6.27. The average molecular weight is 328 g/mol. The van der Waals surface area contributed by atoms with Crippen molar-refractivity contribution in [2.45, 2.75) is 18.8 Å². The molecule has 0 fully saturated rings. The highest BCUT2D eigenvalue weighted by molar-refractivity contribution is 6.31. The molecule has 0 N–H and O–H groups in total. The van der Waals surface area contributed by atoms with Crippen LogP contribution < -0.4 is 0 Å². The van der Waals surface area contributed by atoms with Crippen LogP contribution in [0.15, 0.2) is 48.5 Å². The molecule has 106 valence electrons. The molecule has 0 unspecified atom stereocenters. The molecule has 3 heteroatoms. The molecule has 0 nitrogen and oxygen atoms in total. The third kappa shape index (κ3) is 3.31. The van der Waals surface area contributed by atoms with Crippen molar-refractivity contribution >= 4 is 34.8 Å². The van der Waals surface area contributed by atoms with Gasteiger partial charge in [0.05, 0.1) is 0 Å². The monoisotopic (exact) mass is 326 g/mol. The molecular weight excluding hydrogens is 311 g/mol. The van der Waals surface area contributed by atoms with Gasteiger partial charge in [-0.25, -0.2) is 0 Å². The molecule has 0 aliphatic rings. The fourth-order valence-electron chi connectivity index (χ4n) is 2.30. The fraction of sp³-hybridized carbons (Fsp3) is 0.294. The van der Waals surface area contributed by atoms with Gasteiger partial charge in [0, 0.05) is 22.2 Å². The van der Waals surface area contributed by atoms with Gasteiger partial charge in [0.15, 0.2) is 0 Å². The highest BCUT2D eigenvalue weighted by Crippen LogP contribution is 2.33. The zero-order valence-electron chi connectivity index (χ0n) is 11.4. The van der Waals surface area contributed by atoms with Crippen LogP contribution >= 0.6 is 34.8 Å². The molecule has 0 aliphatic heterocycles. The second-order valence-electron chi connectivity index (χ2n) is 5.18. The number of rotatable bonds is 5. The van der Waals surface area contributed by atoms with Crippen LogP contribution in [0, 0.1) is 6.92 Å². The molecule has 2 aromatic carbocycles. The Morgan fingerprint density at radius 2 is 1.50 bits per heavy atom. The van der Waals surface area contributed by atoms with E-state index in [9.17, 15) is 0 Å². The maximum Gasteiger partial charge on any atom is 0.0438 e. The van der Waals surface area contributed by atoms with Crippen molar-refractivity contribution in [2.24, 2.45) is 0 Å². The van der Waals surface area contributed by atoms with Crippen LogP contribution in [-0.2, 0) is 11.8 Å². The first-order valence-electron chi connectivity index (χ1n) is 6.54. The SMILES string of the molecule is Cc1ccc(C(CCl)(CCl)Cc2ccccc2Cl)cc1. The summed E-state index contributed by atoms with van der Waals surface area (Å²) < 4.78 is 0. The Morgan fingerprint density at radius 1 is 0.900 bits per heavy atom. The Morgan fingerprint density at radius 3 is 2.05 bits per heavy atom. The summed E-state index contributed by atoms with van der Waals surface area (Å²) in [7, 11) is 0. The van der Waals surface area contributed by atoms with Gasteiger partial charge in [-0.05, 0) is 30.5 Å². The van der Waals surface area contributed by atoms with Gasteiger partial charge in [-0.2, -0.15) is 0 Å². The van der Waals surface area contributed by atoms with Crippen molar-refractivity contribution in [1.29, 1.82) is 0 Å². The molecule has 2 rings (SSSR count). The van der Waals surface area contributed by atoms with E-state index >= 15 is 0 Å². The third-order valence-corrected chi connectivity index (χ3v) is 5.05. The summed E-state index contributed by atoms with van der Waals surface area (Å²) in [6, 6.07) is 16.3. The molecule has 2 aromatic rings. The van der Waals surface area contributed by atoms with Crippen molar-refractivity contribution in [3.05, 3.63) is 70.2 Å². The van der Waals surface area contributed by atoms with E-state index in [4.69, 9.17) is 34.8 Å². The lowest BCUT2D eigenvalue weighted by atomic mass is 9.78. The van der Waals surface area contributed by atoms with Crippen molar-refractivity contribution in [3.8, 4) is 0 Å². The Hall–Kier alpha value is -0.690. The second kappa shape index (κ2) is 6.85. The highest BCUT2D eigenvalue weighted by Gasteiger charge is 2.31. The summed E-state index contributed by atoms with van der Waals surface area (Å²) in [5, 5.41) is 0.763. The minimum atomic E-state index is -0.290. The molecule has 0 aromatic heterocycles. The van der Waals surface area contributed by atoms with E-state index in [0.717, 1.165) is 22.6 Å². The van der Waals surface area contributed by atoms with Crippen molar-refractivity contribution in [3.63, 3.8) is 0 Å². The quantitative estimate of drug-likeness (QED) is 0.626. The zero-order valence-corrected chi connectivity index (χ0v) is 13.6. The molecule has 0 saturated heterocycles. The Labute approximate surface area is 135 Å². The molecule has 0 aliphatic carbocycles. The van der Waals surface area contributed by atoms with Crippen LogP contribution in [0.4, 0.5) is 0 Å². The number of hydrogen-bond donors (Lipinski definition) is 0. The lowest BCUT2D eigenvalue weighted by molar-refractivity contribution is 0.536. The first-order chi connectivity index (χ1) is 9.61. The second-order valence-corrected chi connectivity index (χ2v) is 6.12. The van der Waals surface area contributed by atoms with Crippen LogP contribution in [0.2, 0.25) is 5.02 Å². The van der Waals surface area contributed by atoms with Crippen molar-refractivity contribution < 1.29 is 0 Å². The molecule has 0 atom stereocenters. The summed E-state index contributed by atoms with van der Waals surface area (Å²) in [5.41, 5.74) is 3.18. The lowest BCUT2D eigenvalue weighted by Crippen LogP contribution is -2.33. The van der Waals surface area contributed by atoms with Gasteiger partial charge < -0.3 is 0 Å². The van der Waals surface area contributed by atoms with Crippen LogP contribution in [0.25, 0.3) is 0 Å². The van der Waals surface area contributed by atoms with Crippen molar-refractivity contribution in [1.82, 2.24) is 0 Å². The highest BCUT2D eigenvalue weighted by atomic mass is 35.5. The van der Waals surface area contributed by atoms with Gasteiger partial charge in [-0.3, -0.25) is 0 Å². The zero-order chi connectivity index (χ0) is 14.6. The summed E-state index contributed by atoms with van der Waals surface area (Å²) in [6.07, 6.45) is 0.739. The van der Waals surface area contributed by atoms with E-state index in [-0.39, 0.29) is 5.41 Å².